The van der Waals surface area contributed by atoms with Crippen molar-refractivity contribution in [3.63, 3.8) is 0 Å². The number of ether oxygens (including phenoxy) is 2. The normalized spacial score (nSPS) is 18.2. The Morgan fingerprint density at radius 1 is 1.10 bits per heavy atom. The van der Waals surface area contributed by atoms with Gasteiger partial charge in [0.1, 0.15) is 17.3 Å². The molecule has 30 heavy (non-hydrogen) atoms. The maximum absolute atomic E-state index is 13.0. The molecule has 1 fully saturated rings. The third-order valence-electron chi connectivity index (χ3n) is 4.94. The second kappa shape index (κ2) is 9.03. The Hall–Kier alpha value is -3.28. The molecule has 3 rings (SSSR count). The van der Waals surface area contributed by atoms with E-state index in [9.17, 15) is 14.7 Å². The van der Waals surface area contributed by atoms with E-state index in [2.05, 4.69) is 0 Å². The molecule has 2 aromatic carbocycles. The zero-order valence-electron chi connectivity index (χ0n) is 17.7. The zero-order valence-corrected chi connectivity index (χ0v) is 17.7. The summed E-state index contributed by atoms with van der Waals surface area (Å²) in [6.07, 6.45) is 0.598. The molecule has 1 saturated heterocycles. The Balaban J connectivity index is 2.19. The molecule has 0 saturated carbocycles. The Morgan fingerprint density at radius 3 is 2.37 bits per heavy atom. The molecular weight excluding hydrogens is 382 g/mol. The molecular formula is C24H27NO5. The van der Waals surface area contributed by atoms with Gasteiger partial charge in [-0.2, -0.15) is 0 Å². The van der Waals surface area contributed by atoms with Crippen molar-refractivity contribution in [3.8, 4) is 11.5 Å². The van der Waals surface area contributed by atoms with Gasteiger partial charge in [0.05, 0.1) is 24.8 Å². The van der Waals surface area contributed by atoms with Gasteiger partial charge >= 0.3 is 0 Å². The average molecular weight is 409 g/mol. The number of hydrogen-bond acceptors (Lipinski definition) is 5. The first-order valence-electron chi connectivity index (χ1n) is 10.1. The number of ketones is 1. The van der Waals surface area contributed by atoms with Gasteiger partial charge in [-0.25, -0.2) is 0 Å². The molecule has 2 aromatic rings. The molecule has 1 heterocycles. The second-order valence-corrected chi connectivity index (χ2v) is 7.43. The molecule has 6 nitrogen and oxygen atoms in total. The van der Waals surface area contributed by atoms with Gasteiger partial charge in [-0.05, 0) is 50.6 Å². The van der Waals surface area contributed by atoms with Crippen LogP contribution in [0.15, 0.2) is 54.1 Å². The van der Waals surface area contributed by atoms with Crippen LogP contribution in [0.5, 0.6) is 11.5 Å². The third kappa shape index (κ3) is 4.03. The molecule has 1 unspecified atom stereocenters. The van der Waals surface area contributed by atoms with E-state index >= 15 is 0 Å². The quantitative estimate of drug-likeness (QED) is 0.419. The van der Waals surface area contributed by atoms with Crippen molar-refractivity contribution in [1.82, 2.24) is 4.90 Å². The summed E-state index contributed by atoms with van der Waals surface area (Å²) in [4.78, 5) is 27.3. The van der Waals surface area contributed by atoms with E-state index in [-0.39, 0.29) is 17.4 Å². The number of carbonyl (C=O) groups excluding carboxylic acids is 2. The monoisotopic (exact) mass is 409 g/mol. The van der Waals surface area contributed by atoms with Gasteiger partial charge in [-0.3, -0.25) is 9.59 Å². The molecule has 0 aliphatic carbocycles. The first kappa shape index (κ1) is 21.4. The highest BCUT2D eigenvalue weighted by atomic mass is 16.5. The van der Waals surface area contributed by atoms with Crippen LogP contribution in [0.4, 0.5) is 0 Å². The van der Waals surface area contributed by atoms with Crippen molar-refractivity contribution in [2.75, 3.05) is 13.7 Å². The highest BCUT2D eigenvalue weighted by Gasteiger charge is 2.46. The van der Waals surface area contributed by atoms with Gasteiger partial charge in [0.25, 0.3) is 11.7 Å². The van der Waals surface area contributed by atoms with Crippen molar-refractivity contribution < 1.29 is 24.2 Å². The van der Waals surface area contributed by atoms with Crippen LogP contribution < -0.4 is 9.47 Å². The van der Waals surface area contributed by atoms with E-state index in [1.807, 2.05) is 45.0 Å². The highest BCUT2D eigenvalue weighted by Crippen LogP contribution is 2.43. The van der Waals surface area contributed by atoms with E-state index in [1.165, 1.54) is 4.90 Å². The predicted molar refractivity (Wildman–Crippen MR) is 115 cm³/mol. The van der Waals surface area contributed by atoms with Crippen LogP contribution in [0.1, 0.15) is 44.4 Å². The molecule has 1 aliphatic heterocycles. The maximum atomic E-state index is 13.0. The number of methoxy groups -OCH3 is 1. The summed E-state index contributed by atoms with van der Waals surface area (Å²) in [6.45, 7) is 6.16. The van der Waals surface area contributed by atoms with Crippen molar-refractivity contribution in [2.45, 2.75) is 39.3 Å². The predicted octanol–water partition coefficient (Wildman–Crippen LogP) is 4.31. The first-order chi connectivity index (χ1) is 14.4. The average Bonchev–Trinajstić information content (AvgIpc) is 2.98. The molecule has 0 radical (unpaired) electrons. The molecule has 1 atom stereocenters. The lowest BCUT2D eigenvalue weighted by Gasteiger charge is -2.27. The Bertz CT molecular complexity index is 962. The van der Waals surface area contributed by atoms with Gasteiger partial charge in [0.15, 0.2) is 0 Å². The molecule has 1 aliphatic rings. The fourth-order valence-corrected chi connectivity index (χ4v) is 3.65. The Kier molecular flexibility index (Phi) is 6.45. The lowest BCUT2D eigenvalue weighted by molar-refractivity contribution is -0.139. The van der Waals surface area contributed by atoms with Crippen LogP contribution in [0.2, 0.25) is 0 Å². The number of nitrogens with zero attached hydrogens (tertiary/aromatic N) is 1. The fraction of sp³-hybridized carbons (Fsp3) is 0.333. The van der Waals surface area contributed by atoms with E-state index in [1.54, 1.807) is 31.4 Å². The molecule has 158 valence electrons. The van der Waals surface area contributed by atoms with E-state index < -0.39 is 17.7 Å². The minimum Gasteiger partial charge on any atom is -0.507 e. The van der Waals surface area contributed by atoms with Gasteiger partial charge in [0, 0.05) is 17.7 Å². The fourth-order valence-electron chi connectivity index (χ4n) is 3.65. The highest BCUT2D eigenvalue weighted by molar-refractivity contribution is 6.46. The number of aliphatic hydroxyl groups excluding tert-OH is 1. The number of Topliss-reactive ketones (excluding diaryl/α,β-unsaturated/α-hetero) is 1. The summed E-state index contributed by atoms with van der Waals surface area (Å²) in [5.41, 5.74) is 1.19. The van der Waals surface area contributed by atoms with Crippen LogP contribution >= 0.6 is 0 Å². The lowest BCUT2D eigenvalue weighted by Crippen LogP contribution is -2.30. The minimum atomic E-state index is -0.720. The zero-order chi connectivity index (χ0) is 21.8. The van der Waals surface area contributed by atoms with E-state index in [0.717, 1.165) is 0 Å². The molecule has 0 spiro atoms. The Labute approximate surface area is 176 Å². The maximum Gasteiger partial charge on any atom is 0.295 e. The van der Waals surface area contributed by atoms with Crippen LogP contribution in [-0.2, 0) is 9.59 Å². The summed E-state index contributed by atoms with van der Waals surface area (Å²) < 4.78 is 11.1. The smallest absolute Gasteiger partial charge is 0.295 e. The summed E-state index contributed by atoms with van der Waals surface area (Å²) >= 11 is 0. The standard InChI is InChI=1S/C24H27NO5/c1-5-14-25-21(18-8-6-7-9-19(18)30-15(2)3)20(23(27)24(25)28)22(26)16-10-12-17(29-4)13-11-16/h6-13,15,21,26H,5,14H2,1-4H3/b22-20-. The van der Waals surface area contributed by atoms with Crippen molar-refractivity contribution >= 4 is 17.4 Å². The number of para-hydroxylation sites is 1. The number of aliphatic hydroxyl groups is 1. The van der Waals surface area contributed by atoms with Gasteiger partial charge in [0.2, 0.25) is 0 Å². The molecule has 1 N–H and O–H groups in total. The summed E-state index contributed by atoms with van der Waals surface area (Å²) in [5, 5.41) is 11.1. The number of carbonyl (C=O) groups is 2. The topological polar surface area (TPSA) is 76.1 Å². The molecule has 0 bridgehead atoms. The largest absolute Gasteiger partial charge is 0.507 e. The van der Waals surface area contributed by atoms with Crippen LogP contribution in [0.3, 0.4) is 0 Å². The van der Waals surface area contributed by atoms with Gasteiger partial charge in [-0.1, -0.05) is 25.1 Å². The number of amides is 1. The van der Waals surface area contributed by atoms with Crippen molar-refractivity contribution in [3.05, 3.63) is 65.2 Å². The molecule has 1 amide bonds. The van der Waals surface area contributed by atoms with Crippen LogP contribution in [0.25, 0.3) is 5.76 Å². The van der Waals surface area contributed by atoms with Crippen molar-refractivity contribution in [1.29, 1.82) is 0 Å². The number of benzene rings is 2. The number of likely N-dealkylation sites (tertiary alicyclic amines) is 1. The number of hydrogen-bond donors (Lipinski definition) is 1. The second-order valence-electron chi connectivity index (χ2n) is 7.43. The van der Waals surface area contributed by atoms with Gasteiger partial charge in [-0.15, -0.1) is 0 Å². The van der Waals surface area contributed by atoms with E-state index in [4.69, 9.17) is 9.47 Å². The summed E-state index contributed by atoms with van der Waals surface area (Å²) in [6, 6.07) is 13.3. The summed E-state index contributed by atoms with van der Waals surface area (Å²) in [5.74, 6) is -0.303. The van der Waals surface area contributed by atoms with E-state index in [0.29, 0.717) is 35.6 Å². The third-order valence-corrected chi connectivity index (χ3v) is 4.94. The van der Waals surface area contributed by atoms with Crippen molar-refractivity contribution in [2.24, 2.45) is 0 Å². The van der Waals surface area contributed by atoms with Gasteiger partial charge < -0.3 is 19.5 Å². The van der Waals surface area contributed by atoms with Crippen LogP contribution in [-0.4, -0.2) is 41.5 Å². The summed E-state index contributed by atoms with van der Waals surface area (Å²) in [7, 11) is 1.55. The SMILES string of the molecule is CCCN1C(=O)C(=O)/C(=C(\O)c2ccc(OC)cc2)C1c1ccccc1OC(C)C. The molecule has 6 heteroatoms. The first-order valence-corrected chi connectivity index (χ1v) is 10.1. The molecule has 0 aromatic heterocycles. The Morgan fingerprint density at radius 2 is 1.77 bits per heavy atom. The minimum absolute atomic E-state index is 0.0680. The van der Waals surface area contributed by atoms with Crippen LogP contribution in [0, 0.1) is 0 Å². The lowest BCUT2D eigenvalue weighted by atomic mass is 9.94. The number of rotatable bonds is 7.